The zero-order chi connectivity index (χ0) is 23.5. The molecule has 3 aromatic rings. The van der Waals surface area contributed by atoms with Crippen LogP contribution in [0, 0.1) is 6.92 Å². The van der Waals surface area contributed by atoms with Gasteiger partial charge in [-0.3, -0.25) is 0 Å². The van der Waals surface area contributed by atoms with Crippen LogP contribution in [-0.2, 0) is 20.7 Å². The first-order chi connectivity index (χ1) is 15.1. The van der Waals surface area contributed by atoms with Crippen LogP contribution in [0.4, 0.5) is 13.2 Å². The van der Waals surface area contributed by atoms with Crippen molar-refractivity contribution in [3.63, 3.8) is 0 Å². The van der Waals surface area contributed by atoms with Crippen molar-refractivity contribution < 1.29 is 41.4 Å². The predicted molar refractivity (Wildman–Crippen MR) is 110 cm³/mol. The number of benzene rings is 2. The van der Waals surface area contributed by atoms with Crippen LogP contribution in [0.15, 0.2) is 54.0 Å². The Morgan fingerprint density at radius 1 is 1.03 bits per heavy atom. The number of halogens is 3. The highest BCUT2D eigenvalue weighted by atomic mass is 19.4. The van der Waals surface area contributed by atoms with Crippen LogP contribution in [-0.4, -0.2) is 24.9 Å². The molecule has 0 fully saturated rings. The number of furan rings is 1. The number of aryl methyl sites for hydroxylation is 2. The Bertz CT molecular complexity index is 1210. The van der Waals surface area contributed by atoms with E-state index in [9.17, 15) is 22.8 Å². The molecule has 0 saturated carbocycles. The van der Waals surface area contributed by atoms with Crippen molar-refractivity contribution in [1.29, 1.82) is 0 Å². The highest BCUT2D eigenvalue weighted by molar-refractivity contribution is 6.08. The lowest BCUT2D eigenvalue weighted by Gasteiger charge is -2.13. The van der Waals surface area contributed by atoms with Gasteiger partial charge in [-0.2, -0.15) is 0 Å². The lowest BCUT2D eigenvalue weighted by Crippen LogP contribution is -2.18. The summed E-state index contributed by atoms with van der Waals surface area (Å²) in [6, 6.07) is 6.25. The molecule has 0 amide bonds. The summed E-state index contributed by atoms with van der Waals surface area (Å²) in [6.07, 6.45) is -2.54. The van der Waals surface area contributed by atoms with E-state index in [2.05, 4.69) is 17.9 Å². The van der Waals surface area contributed by atoms with Gasteiger partial charge in [-0.05, 0) is 43.5 Å². The Morgan fingerprint density at radius 2 is 1.69 bits per heavy atom. The molecule has 0 radical (unpaired) electrons. The van der Waals surface area contributed by atoms with E-state index in [0.29, 0.717) is 16.3 Å². The van der Waals surface area contributed by atoms with E-state index in [0.717, 1.165) is 12.2 Å². The molecule has 0 spiro atoms. The predicted octanol–water partition coefficient (Wildman–Crippen LogP) is 5.55. The number of carbonyl (C=O) groups is 2. The number of rotatable bonds is 8. The fourth-order valence-electron chi connectivity index (χ4n) is 3.22. The van der Waals surface area contributed by atoms with Crippen molar-refractivity contribution in [2.45, 2.75) is 26.1 Å². The van der Waals surface area contributed by atoms with E-state index >= 15 is 0 Å². The van der Waals surface area contributed by atoms with Gasteiger partial charge in [-0.25, -0.2) is 9.59 Å². The molecule has 3 rings (SSSR count). The average Bonchev–Trinajstić information content (AvgIpc) is 3.13. The summed E-state index contributed by atoms with van der Waals surface area (Å²) in [6.45, 7) is 8.23. The van der Waals surface area contributed by atoms with Crippen LogP contribution in [0.1, 0.15) is 17.5 Å². The minimum Gasteiger partial charge on any atom is -0.463 e. The Morgan fingerprint density at radius 3 is 2.34 bits per heavy atom. The largest absolute Gasteiger partial charge is 0.573 e. The highest BCUT2D eigenvalue weighted by Crippen LogP contribution is 2.42. The lowest BCUT2D eigenvalue weighted by molar-refractivity contribution is -0.274. The van der Waals surface area contributed by atoms with Gasteiger partial charge >= 0.3 is 18.3 Å². The van der Waals surface area contributed by atoms with Crippen LogP contribution in [0.3, 0.4) is 0 Å². The van der Waals surface area contributed by atoms with E-state index in [4.69, 9.17) is 13.9 Å². The maximum absolute atomic E-state index is 13.2. The molecule has 0 aliphatic carbocycles. The Hall–Kier alpha value is -3.75. The fourth-order valence-corrected chi connectivity index (χ4v) is 3.22. The Labute approximate surface area is 180 Å². The molecule has 0 aliphatic heterocycles. The van der Waals surface area contributed by atoms with E-state index in [-0.39, 0.29) is 41.9 Å². The van der Waals surface area contributed by atoms with Gasteiger partial charge < -0.3 is 18.6 Å². The third-order valence-electron chi connectivity index (χ3n) is 4.64. The first kappa shape index (κ1) is 22.9. The maximum Gasteiger partial charge on any atom is 0.573 e. The van der Waals surface area contributed by atoms with Gasteiger partial charge in [-0.1, -0.05) is 19.2 Å². The number of fused-ring (bicyclic) bond motifs is 3. The van der Waals surface area contributed by atoms with Gasteiger partial charge in [-0.15, -0.1) is 13.2 Å². The molecule has 2 aromatic carbocycles. The van der Waals surface area contributed by atoms with Crippen molar-refractivity contribution >= 4 is 33.9 Å². The van der Waals surface area contributed by atoms with Gasteiger partial charge in [0.2, 0.25) is 0 Å². The van der Waals surface area contributed by atoms with Crippen molar-refractivity contribution in [3.05, 3.63) is 60.7 Å². The van der Waals surface area contributed by atoms with E-state index in [1.165, 1.54) is 12.1 Å². The number of alkyl halides is 3. The van der Waals surface area contributed by atoms with E-state index in [1.807, 2.05) is 0 Å². The molecule has 32 heavy (non-hydrogen) atoms. The summed E-state index contributed by atoms with van der Waals surface area (Å²) in [5, 5.41) is 0.945. The van der Waals surface area contributed by atoms with E-state index in [1.54, 1.807) is 19.1 Å². The number of hydrogen-bond acceptors (Lipinski definition) is 6. The molecule has 0 atom stereocenters. The Balaban J connectivity index is 2.06. The molecule has 9 heteroatoms. The zero-order valence-corrected chi connectivity index (χ0v) is 17.1. The second-order valence-corrected chi connectivity index (χ2v) is 6.75. The molecule has 1 heterocycles. The third-order valence-corrected chi connectivity index (χ3v) is 4.64. The molecule has 0 saturated heterocycles. The Kier molecular flexibility index (Phi) is 6.57. The molecule has 6 nitrogen and oxygen atoms in total. The quantitative estimate of drug-likeness (QED) is 0.195. The lowest BCUT2D eigenvalue weighted by atomic mass is 10.0. The molecule has 0 aliphatic rings. The first-order valence-electron chi connectivity index (χ1n) is 9.51. The minimum atomic E-state index is -4.95. The van der Waals surface area contributed by atoms with Crippen molar-refractivity contribution in [2.24, 2.45) is 0 Å². The minimum absolute atomic E-state index is 0.00557. The first-order valence-corrected chi connectivity index (χ1v) is 9.51. The number of carbonyl (C=O) groups excluding carboxylic acids is 2. The molecule has 168 valence electrons. The summed E-state index contributed by atoms with van der Waals surface area (Å²) >= 11 is 0. The third kappa shape index (κ3) is 4.93. The summed E-state index contributed by atoms with van der Waals surface area (Å²) in [5.74, 6) is -1.56. The second-order valence-electron chi connectivity index (χ2n) is 6.75. The number of ether oxygens (including phenoxy) is 3. The summed E-state index contributed by atoms with van der Waals surface area (Å²) in [7, 11) is 0. The maximum atomic E-state index is 13.2. The SMILES string of the molecule is C=CC(=O)OCCCc1ccc2c(oc3c(C)c(OC(=O)C=C)ccc32)c1OC(F)(F)F. The van der Waals surface area contributed by atoms with Gasteiger partial charge in [0, 0.05) is 28.5 Å². The average molecular weight is 448 g/mol. The number of esters is 2. The van der Waals surface area contributed by atoms with Gasteiger partial charge in [0.25, 0.3) is 0 Å². The van der Waals surface area contributed by atoms with Gasteiger partial charge in [0.1, 0.15) is 11.3 Å². The second kappa shape index (κ2) is 9.17. The van der Waals surface area contributed by atoms with Gasteiger partial charge in [0.15, 0.2) is 11.3 Å². The van der Waals surface area contributed by atoms with Crippen molar-refractivity contribution in [2.75, 3.05) is 6.61 Å². The van der Waals surface area contributed by atoms with Crippen LogP contribution in [0.2, 0.25) is 0 Å². The smallest absolute Gasteiger partial charge is 0.463 e. The van der Waals surface area contributed by atoms with Crippen molar-refractivity contribution in [1.82, 2.24) is 0 Å². The number of hydrogen-bond donors (Lipinski definition) is 0. The molecular weight excluding hydrogens is 429 g/mol. The van der Waals surface area contributed by atoms with Crippen LogP contribution in [0.5, 0.6) is 11.5 Å². The van der Waals surface area contributed by atoms with Crippen LogP contribution >= 0.6 is 0 Å². The molecule has 1 aromatic heterocycles. The topological polar surface area (TPSA) is 75.0 Å². The summed E-state index contributed by atoms with van der Waals surface area (Å²) < 4.78 is 59.6. The molecule has 0 unspecified atom stereocenters. The van der Waals surface area contributed by atoms with Crippen molar-refractivity contribution in [3.8, 4) is 11.5 Å². The highest BCUT2D eigenvalue weighted by Gasteiger charge is 2.34. The van der Waals surface area contributed by atoms with Crippen LogP contribution < -0.4 is 9.47 Å². The van der Waals surface area contributed by atoms with E-state index < -0.39 is 24.1 Å². The van der Waals surface area contributed by atoms with Crippen LogP contribution in [0.25, 0.3) is 21.9 Å². The molecule has 0 bridgehead atoms. The van der Waals surface area contributed by atoms with Gasteiger partial charge in [0.05, 0.1) is 6.61 Å². The monoisotopic (exact) mass is 448 g/mol. The summed E-state index contributed by atoms with van der Waals surface area (Å²) in [4.78, 5) is 22.7. The molecular formula is C23H19F3O6. The molecule has 0 N–H and O–H groups in total. The standard InChI is InChI=1S/C23H19F3O6/c1-4-18(27)29-12-6-7-14-8-9-16-15-10-11-17(30-19(28)5-2)13(3)20(15)31-22(16)21(14)32-23(24,25)26/h4-5,8-11H,1-2,6-7,12H2,3H3. The summed E-state index contributed by atoms with van der Waals surface area (Å²) in [5.41, 5.74) is 0.843. The normalized spacial score (nSPS) is 11.4. The fraction of sp³-hybridized carbons (Fsp3) is 0.217. The zero-order valence-electron chi connectivity index (χ0n) is 17.1.